The van der Waals surface area contributed by atoms with Crippen molar-refractivity contribution in [2.75, 3.05) is 0 Å². The van der Waals surface area contributed by atoms with Gasteiger partial charge >= 0.3 is 0 Å². The highest BCUT2D eigenvalue weighted by atomic mass is 127. The number of hydrogen-bond donors (Lipinski definition) is 1. The van der Waals surface area contributed by atoms with E-state index in [4.69, 9.17) is 5.73 Å². The number of halogens is 1. The Morgan fingerprint density at radius 2 is 2.00 bits per heavy atom. The molecule has 0 radical (unpaired) electrons. The van der Waals surface area contributed by atoms with Gasteiger partial charge in [-0.25, -0.2) is 0 Å². The molecule has 0 aliphatic heterocycles. The van der Waals surface area contributed by atoms with Gasteiger partial charge in [0.25, 0.3) is 0 Å². The average Bonchev–Trinajstić information content (AvgIpc) is 2.09. The van der Waals surface area contributed by atoms with Crippen molar-refractivity contribution in [2.45, 2.75) is 12.5 Å². The molecule has 1 aromatic rings. The Morgan fingerprint density at radius 1 is 1.42 bits per heavy atom. The molecule has 0 aromatic heterocycles. The first kappa shape index (κ1) is 9.67. The average molecular weight is 275 g/mol. The van der Waals surface area contributed by atoms with Crippen LogP contribution in [-0.4, -0.2) is 12.3 Å². The molecule has 1 rings (SSSR count). The lowest BCUT2D eigenvalue weighted by molar-refractivity contribution is -0.108. The zero-order valence-electron chi connectivity index (χ0n) is 6.53. The highest BCUT2D eigenvalue weighted by Crippen LogP contribution is 2.07. The maximum atomic E-state index is 10.2. The predicted octanol–water partition coefficient (Wildman–Crippen LogP) is 1.36. The molecule has 0 aliphatic carbocycles. The second-order valence-corrected chi connectivity index (χ2v) is 3.88. The Balaban J connectivity index is 2.64. The number of carbonyl (C=O) groups excluding carboxylic acids is 1. The monoisotopic (exact) mass is 275 g/mol. The van der Waals surface area contributed by atoms with Gasteiger partial charge in [0.2, 0.25) is 0 Å². The van der Waals surface area contributed by atoms with E-state index in [-0.39, 0.29) is 6.04 Å². The topological polar surface area (TPSA) is 43.1 Å². The van der Waals surface area contributed by atoms with Gasteiger partial charge in [-0.3, -0.25) is 0 Å². The molecule has 0 heterocycles. The summed E-state index contributed by atoms with van der Waals surface area (Å²) in [6, 6.07) is 7.63. The summed E-state index contributed by atoms with van der Waals surface area (Å²) in [5, 5.41) is 0. The first-order chi connectivity index (χ1) is 5.72. The number of aldehydes is 1. The summed E-state index contributed by atoms with van der Waals surface area (Å²) >= 11 is 2.24. The van der Waals surface area contributed by atoms with Crippen molar-refractivity contribution >= 4 is 28.9 Å². The summed E-state index contributed by atoms with van der Waals surface area (Å²) in [5.41, 5.74) is 6.58. The van der Waals surface area contributed by atoms with E-state index in [0.29, 0.717) is 6.42 Å². The van der Waals surface area contributed by atoms with E-state index in [1.54, 1.807) is 0 Å². The first-order valence-electron chi connectivity index (χ1n) is 3.67. The Kier molecular flexibility index (Phi) is 3.68. The quantitative estimate of drug-likeness (QED) is 0.668. The molecule has 0 saturated carbocycles. The lowest BCUT2D eigenvalue weighted by atomic mass is 10.1. The summed E-state index contributed by atoms with van der Waals surface area (Å²) in [6.45, 7) is 0. The van der Waals surface area contributed by atoms with Crippen LogP contribution in [0.1, 0.15) is 5.56 Å². The van der Waals surface area contributed by atoms with E-state index in [2.05, 4.69) is 22.6 Å². The lowest BCUT2D eigenvalue weighted by Gasteiger charge is -2.03. The molecule has 2 nitrogen and oxygen atoms in total. The number of rotatable bonds is 3. The first-order valence-corrected chi connectivity index (χ1v) is 4.75. The van der Waals surface area contributed by atoms with Crippen LogP contribution in [0.15, 0.2) is 24.3 Å². The van der Waals surface area contributed by atoms with Gasteiger partial charge in [0.1, 0.15) is 6.29 Å². The molecular formula is C9H10INO. The second kappa shape index (κ2) is 4.57. The van der Waals surface area contributed by atoms with Crippen LogP contribution in [-0.2, 0) is 11.2 Å². The van der Waals surface area contributed by atoms with Crippen molar-refractivity contribution in [1.82, 2.24) is 0 Å². The smallest absolute Gasteiger partial charge is 0.137 e. The normalized spacial score (nSPS) is 12.5. The Bertz CT molecular complexity index is 258. The Hall–Kier alpha value is -0.420. The van der Waals surface area contributed by atoms with Crippen LogP contribution < -0.4 is 5.73 Å². The molecule has 1 atom stereocenters. The summed E-state index contributed by atoms with van der Waals surface area (Å²) < 4.78 is 1.19. The fourth-order valence-electron chi connectivity index (χ4n) is 0.941. The molecule has 0 spiro atoms. The van der Waals surface area contributed by atoms with Crippen molar-refractivity contribution in [1.29, 1.82) is 0 Å². The van der Waals surface area contributed by atoms with Gasteiger partial charge in [-0.05, 0) is 46.7 Å². The maximum Gasteiger partial charge on any atom is 0.137 e. The number of hydrogen-bond acceptors (Lipinski definition) is 2. The van der Waals surface area contributed by atoms with Crippen LogP contribution in [0.4, 0.5) is 0 Å². The molecule has 0 bridgehead atoms. The minimum absolute atomic E-state index is 0.370. The lowest BCUT2D eigenvalue weighted by Crippen LogP contribution is -2.23. The highest BCUT2D eigenvalue weighted by Gasteiger charge is 2.00. The van der Waals surface area contributed by atoms with Crippen LogP contribution in [0.5, 0.6) is 0 Å². The number of nitrogens with two attached hydrogens (primary N) is 1. The van der Waals surface area contributed by atoms with Crippen LogP contribution >= 0.6 is 22.6 Å². The second-order valence-electron chi connectivity index (χ2n) is 2.63. The third-order valence-electron chi connectivity index (χ3n) is 1.56. The zero-order chi connectivity index (χ0) is 8.97. The van der Waals surface area contributed by atoms with E-state index >= 15 is 0 Å². The van der Waals surface area contributed by atoms with Crippen LogP contribution in [0, 0.1) is 3.57 Å². The van der Waals surface area contributed by atoms with Crippen LogP contribution in [0.3, 0.4) is 0 Å². The van der Waals surface area contributed by atoms with Crippen LogP contribution in [0.25, 0.3) is 0 Å². The SMILES string of the molecule is NC(C=O)Cc1ccc(I)cc1. The largest absolute Gasteiger partial charge is 0.321 e. The molecule has 1 unspecified atom stereocenters. The van der Waals surface area contributed by atoms with E-state index < -0.39 is 0 Å². The molecule has 64 valence electrons. The summed E-state index contributed by atoms with van der Waals surface area (Å²) in [5.74, 6) is 0. The van der Waals surface area contributed by atoms with Crippen molar-refractivity contribution < 1.29 is 4.79 Å². The van der Waals surface area contributed by atoms with Gasteiger partial charge in [0.15, 0.2) is 0 Å². The minimum atomic E-state index is -0.370. The fraction of sp³-hybridized carbons (Fsp3) is 0.222. The third kappa shape index (κ3) is 2.91. The summed E-state index contributed by atoms with van der Waals surface area (Å²) in [4.78, 5) is 10.2. The van der Waals surface area contributed by atoms with Gasteiger partial charge in [0.05, 0.1) is 6.04 Å². The van der Waals surface area contributed by atoms with Crippen LogP contribution in [0.2, 0.25) is 0 Å². The molecule has 1 aromatic carbocycles. The van der Waals surface area contributed by atoms with E-state index in [1.165, 1.54) is 3.57 Å². The fourth-order valence-corrected chi connectivity index (χ4v) is 1.30. The molecule has 0 aliphatic rings. The minimum Gasteiger partial charge on any atom is -0.321 e. The summed E-state index contributed by atoms with van der Waals surface area (Å²) in [7, 11) is 0. The molecule has 3 heteroatoms. The zero-order valence-corrected chi connectivity index (χ0v) is 8.69. The highest BCUT2D eigenvalue weighted by molar-refractivity contribution is 14.1. The standard InChI is InChI=1S/C9H10INO/c10-8-3-1-7(2-4-8)5-9(11)6-12/h1-4,6,9H,5,11H2. The molecule has 2 N–H and O–H groups in total. The van der Waals surface area contributed by atoms with Crippen molar-refractivity contribution in [2.24, 2.45) is 5.73 Å². The van der Waals surface area contributed by atoms with Crippen molar-refractivity contribution in [3.05, 3.63) is 33.4 Å². The molecule has 0 saturated heterocycles. The Morgan fingerprint density at radius 3 is 2.50 bits per heavy atom. The molecule has 12 heavy (non-hydrogen) atoms. The summed E-state index contributed by atoms with van der Waals surface area (Å²) in [6.07, 6.45) is 1.40. The molecule has 0 fully saturated rings. The van der Waals surface area contributed by atoms with Crippen molar-refractivity contribution in [3.63, 3.8) is 0 Å². The molecule has 0 amide bonds. The molecular weight excluding hydrogens is 265 g/mol. The predicted molar refractivity (Wildman–Crippen MR) is 56.9 cm³/mol. The van der Waals surface area contributed by atoms with Gasteiger partial charge in [0, 0.05) is 3.57 Å². The Labute approximate surface area is 85.3 Å². The van der Waals surface area contributed by atoms with E-state index in [0.717, 1.165) is 11.8 Å². The number of carbonyl (C=O) groups is 1. The van der Waals surface area contributed by atoms with Gasteiger partial charge < -0.3 is 10.5 Å². The maximum absolute atomic E-state index is 10.2. The van der Waals surface area contributed by atoms with Gasteiger partial charge in [-0.15, -0.1) is 0 Å². The third-order valence-corrected chi connectivity index (χ3v) is 2.28. The van der Waals surface area contributed by atoms with Gasteiger partial charge in [-0.2, -0.15) is 0 Å². The van der Waals surface area contributed by atoms with E-state index in [9.17, 15) is 4.79 Å². The van der Waals surface area contributed by atoms with E-state index in [1.807, 2.05) is 24.3 Å². The van der Waals surface area contributed by atoms with Crippen molar-refractivity contribution in [3.8, 4) is 0 Å². The van der Waals surface area contributed by atoms with Gasteiger partial charge in [-0.1, -0.05) is 12.1 Å². The number of benzene rings is 1.